The summed E-state index contributed by atoms with van der Waals surface area (Å²) in [5, 5.41) is 10.3. The molecule has 3 rings (SSSR count). The lowest BCUT2D eigenvalue weighted by molar-refractivity contribution is -0.132. The average molecular weight is 429 g/mol. The first kappa shape index (κ1) is 22.9. The van der Waals surface area contributed by atoms with Crippen molar-refractivity contribution in [2.24, 2.45) is 0 Å². The number of hydrogen-bond acceptors (Lipinski definition) is 6. The number of hydrogen-bond donors (Lipinski definition) is 1. The van der Waals surface area contributed by atoms with Gasteiger partial charge in [-0.1, -0.05) is 18.2 Å². The van der Waals surface area contributed by atoms with Crippen LogP contribution < -0.4 is 14.2 Å². The molecule has 2 aromatic carbocycles. The standard InChI is InChI=1S/C24H32N2O5/c1-25(16-20(27)17-30-23-7-5-6-22(14-23)29-2)15-19-8-10-21(11-9-19)31-18-24(28)26-12-3-4-13-26/h5-11,14,20,27H,3-4,12-13,15-18H2,1-2H3/t20-/m0/s1. The predicted molar refractivity (Wildman–Crippen MR) is 119 cm³/mol. The lowest BCUT2D eigenvalue weighted by Crippen LogP contribution is -2.32. The lowest BCUT2D eigenvalue weighted by atomic mass is 10.2. The minimum absolute atomic E-state index is 0.0477. The van der Waals surface area contributed by atoms with Gasteiger partial charge in [-0.05, 0) is 49.7 Å². The van der Waals surface area contributed by atoms with Crippen LogP contribution in [0.1, 0.15) is 18.4 Å². The number of methoxy groups -OCH3 is 1. The number of carbonyl (C=O) groups is 1. The number of rotatable bonds is 11. The normalized spacial score (nSPS) is 14.5. The van der Waals surface area contributed by atoms with Gasteiger partial charge in [0.2, 0.25) is 0 Å². The molecule has 0 unspecified atom stereocenters. The van der Waals surface area contributed by atoms with Gasteiger partial charge in [-0.2, -0.15) is 0 Å². The molecule has 0 spiro atoms. The first-order valence-electron chi connectivity index (χ1n) is 10.7. The largest absolute Gasteiger partial charge is 0.497 e. The fourth-order valence-electron chi connectivity index (χ4n) is 3.57. The van der Waals surface area contributed by atoms with E-state index in [0.717, 1.165) is 37.2 Å². The lowest BCUT2D eigenvalue weighted by Gasteiger charge is -2.21. The van der Waals surface area contributed by atoms with Crippen LogP contribution in [0, 0.1) is 0 Å². The second-order valence-corrected chi connectivity index (χ2v) is 7.86. The van der Waals surface area contributed by atoms with E-state index < -0.39 is 6.10 Å². The van der Waals surface area contributed by atoms with E-state index in [0.29, 0.717) is 24.6 Å². The van der Waals surface area contributed by atoms with E-state index in [1.54, 1.807) is 13.2 Å². The Morgan fingerprint density at radius 2 is 1.77 bits per heavy atom. The van der Waals surface area contributed by atoms with Gasteiger partial charge in [0.05, 0.1) is 7.11 Å². The summed E-state index contributed by atoms with van der Waals surface area (Å²) in [7, 11) is 3.56. The zero-order valence-electron chi connectivity index (χ0n) is 18.3. The smallest absolute Gasteiger partial charge is 0.260 e. The van der Waals surface area contributed by atoms with Gasteiger partial charge in [0, 0.05) is 32.2 Å². The fraction of sp³-hybridized carbons (Fsp3) is 0.458. The number of likely N-dealkylation sites (tertiary alicyclic amines) is 1. The van der Waals surface area contributed by atoms with E-state index in [1.165, 1.54) is 0 Å². The van der Waals surface area contributed by atoms with Gasteiger partial charge < -0.3 is 24.2 Å². The van der Waals surface area contributed by atoms with Gasteiger partial charge in [0.1, 0.15) is 30.0 Å². The summed E-state index contributed by atoms with van der Waals surface area (Å²) in [6.45, 7) is 3.12. The topological polar surface area (TPSA) is 71.5 Å². The van der Waals surface area contributed by atoms with Crippen LogP contribution in [0.2, 0.25) is 0 Å². The summed E-state index contributed by atoms with van der Waals surface area (Å²) in [4.78, 5) is 16.0. The highest BCUT2D eigenvalue weighted by Crippen LogP contribution is 2.19. The fourth-order valence-corrected chi connectivity index (χ4v) is 3.57. The average Bonchev–Trinajstić information content (AvgIpc) is 3.32. The number of likely N-dealkylation sites (N-methyl/N-ethyl adjacent to an activating group) is 1. The minimum atomic E-state index is -0.615. The van der Waals surface area contributed by atoms with Crippen molar-refractivity contribution in [3.63, 3.8) is 0 Å². The Hall–Kier alpha value is -2.77. The van der Waals surface area contributed by atoms with E-state index in [2.05, 4.69) is 0 Å². The van der Waals surface area contributed by atoms with Crippen molar-refractivity contribution in [3.8, 4) is 17.2 Å². The van der Waals surface area contributed by atoms with Crippen molar-refractivity contribution >= 4 is 5.91 Å². The van der Waals surface area contributed by atoms with Crippen molar-refractivity contribution in [2.45, 2.75) is 25.5 Å². The maximum Gasteiger partial charge on any atom is 0.260 e. The quantitative estimate of drug-likeness (QED) is 0.593. The number of aliphatic hydroxyl groups is 1. The Labute approximate surface area is 184 Å². The molecule has 31 heavy (non-hydrogen) atoms. The van der Waals surface area contributed by atoms with Crippen LogP contribution in [0.3, 0.4) is 0 Å². The van der Waals surface area contributed by atoms with Crippen molar-refractivity contribution in [3.05, 3.63) is 54.1 Å². The molecule has 7 heteroatoms. The number of amides is 1. The van der Waals surface area contributed by atoms with Crippen molar-refractivity contribution in [1.82, 2.24) is 9.80 Å². The van der Waals surface area contributed by atoms with Crippen molar-refractivity contribution in [2.75, 3.05) is 47.0 Å². The van der Waals surface area contributed by atoms with Crippen LogP contribution >= 0.6 is 0 Å². The van der Waals surface area contributed by atoms with Crippen LogP contribution in [-0.2, 0) is 11.3 Å². The summed E-state index contributed by atoms with van der Waals surface area (Å²) >= 11 is 0. The van der Waals surface area contributed by atoms with E-state index in [9.17, 15) is 9.90 Å². The van der Waals surface area contributed by atoms with Crippen LogP contribution in [0.4, 0.5) is 0 Å². The maximum absolute atomic E-state index is 12.1. The van der Waals surface area contributed by atoms with Crippen LogP contribution in [0.5, 0.6) is 17.2 Å². The monoisotopic (exact) mass is 428 g/mol. The summed E-state index contributed by atoms with van der Waals surface area (Å²) in [6, 6.07) is 15.0. The molecule has 1 N–H and O–H groups in total. The van der Waals surface area contributed by atoms with E-state index in [4.69, 9.17) is 14.2 Å². The van der Waals surface area contributed by atoms with E-state index >= 15 is 0 Å². The second-order valence-electron chi connectivity index (χ2n) is 7.86. The summed E-state index contributed by atoms with van der Waals surface area (Å²) in [5.41, 5.74) is 1.10. The van der Waals surface area contributed by atoms with Gasteiger partial charge in [-0.25, -0.2) is 0 Å². The third kappa shape index (κ3) is 7.45. The molecule has 1 fully saturated rings. The minimum Gasteiger partial charge on any atom is -0.497 e. The number of benzene rings is 2. The molecule has 1 amide bonds. The van der Waals surface area contributed by atoms with Gasteiger partial charge in [-0.15, -0.1) is 0 Å². The number of ether oxygens (including phenoxy) is 3. The molecule has 0 bridgehead atoms. The third-order valence-corrected chi connectivity index (χ3v) is 5.20. The van der Waals surface area contributed by atoms with Crippen molar-refractivity contribution < 1.29 is 24.1 Å². The van der Waals surface area contributed by atoms with Crippen molar-refractivity contribution in [1.29, 1.82) is 0 Å². The molecule has 1 saturated heterocycles. The Morgan fingerprint density at radius 1 is 1.06 bits per heavy atom. The third-order valence-electron chi connectivity index (χ3n) is 5.20. The Kier molecular flexibility index (Phi) is 8.55. The molecule has 168 valence electrons. The van der Waals surface area contributed by atoms with E-state index in [1.807, 2.05) is 59.3 Å². The molecule has 7 nitrogen and oxygen atoms in total. The molecule has 1 aliphatic rings. The highest BCUT2D eigenvalue weighted by atomic mass is 16.5. The summed E-state index contributed by atoms with van der Waals surface area (Å²) in [5.74, 6) is 2.12. The summed E-state index contributed by atoms with van der Waals surface area (Å²) in [6.07, 6.45) is 1.54. The zero-order valence-corrected chi connectivity index (χ0v) is 18.3. The van der Waals surface area contributed by atoms with Gasteiger partial charge >= 0.3 is 0 Å². The molecule has 1 atom stereocenters. The molecule has 0 aliphatic carbocycles. The van der Waals surface area contributed by atoms with Gasteiger partial charge in [0.15, 0.2) is 6.61 Å². The van der Waals surface area contributed by atoms with Crippen LogP contribution in [0.25, 0.3) is 0 Å². The predicted octanol–water partition coefficient (Wildman–Crippen LogP) is 2.57. The first-order chi connectivity index (χ1) is 15.0. The molecule has 1 aliphatic heterocycles. The number of carbonyl (C=O) groups excluding carboxylic acids is 1. The van der Waals surface area contributed by atoms with Crippen LogP contribution in [-0.4, -0.2) is 73.9 Å². The second kappa shape index (κ2) is 11.6. The molecule has 2 aromatic rings. The molecule has 0 radical (unpaired) electrons. The zero-order chi connectivity index (χ0) is 22.1. The first-order valence-corrected chi connectivity index (χ1v) is 10.7. The molecule has 1 heterocycles. The van der Waals surface area contributed by atoms with Gasteiger partial charge in [-0.3, -0.25) is 9.69 Å². The Bertz CT molecular complexity index is 821. The maximum atomic E-state index is 12.1. The highest BCUT2D eigenvalue weighted by molar-refractivity contribution is 5.78. The molecule has 0 saturated carbocycles. The van der Waals surface area contributed by atoms with Gasteiger partial charge in [0.25, 0.3) is 5.91 Å². The molecular formula is C24H32N2O5. The SMILES string of the molecule is COc1cccc(OC[C@@H](O)CN(C)Cc2ccc(OCC(=O)N3CCCC3)cc2)c1. The highest BCUT2D eigenvalue weighted by Gasteiger charge is 2.18. The molecular weight excluding hydrogens is 396 g/mol. The number of nitrogens with zero attached hydrogens (tertiary/aromatic N) is 2. The number of aliphatic hydroxyl groups excluding tert-OH is 1. The Balaban J connectivity index is 1.38. The van der Waals surface area contributed by atoms with E-state index in [-0.39, 0.29) is 19.1 Å². The van der Waals surface area contributed by atoms with Crippen LogP contribution in [0.15, 0.2) is 48.5 Å². The molecule has 0 aromatic heterocycles. The summed E-state index contributed by atoms with van der Waals surface area (Å²) < 4.78 is 16.5. The Morgan fingerprint density at radius 3 is 2.48 bits per heavy atom.